The van der Waals surface area contributed by atoms with Crippen molar-refractivity contribution >= 4 is 17.3 Å². The van der Waals surface area contributed by atoms with Gasteiger partial charge in [0.2, 0.25) is 5.01 Å². The van der Waals surface area contributed by atoms with Gasteiger partial charge in [0.1, 0.15) is 0 Å². The molecular weight excluding hydrogens is 224 g/mol. The van der Waals surface area contributed by atoms with Gasteiger partial charge in [-0.05, 0) is 24.6 Å². The molecule has 0 aliphatic rings. The second-order valence-electron chi connectivity index (χ2n) is 3.24. The van der Waals surface area contributed by atoms with Crippen LogP contribution in [0, 0.1) is 6.92 Å². The lowest BCUT2D eigenvalue weighted by Crippen LogP contribution is -1.98. The smallest absolute Gasteiger partial charge is 0.367 e. The van der Waals surface area contributed by atoms with Gasteiger partial charge in [0.15, 0.2) is 0 Å². The third kappa shape index (κ3) is 2.09. The van der Waals surface area contributed by atoms with E-state index in [2.05, 4.69) is 14.7 Å². The predicted octanol–water partition coefficient (Wildman–Crippen LogP) is 2.30. The lowest BCUT2D eigenvalue weighted by Gasteiger charge is -1.96. The Morgan fingerprint density at radius 2 is 2.25 bits per heavy atom. The van der Waals surface area contributed by atoms with Gasteiger partial charge in [0, 0.05) is 12.4 Å². The molecular formula is C11H10N2O2S. The first kappa shape index (κ1) is 10.8. The molecule has 0 radical (unpaired) electrons. The number of pyridine rings is 1. The minimum Gasteiger partial charge on any atom is -0.464 e. The quantitative estimate of drug-likeness (QED) is 0.748. The summed E-state index contributed by atoms with van der Waals surface area (Å²) in [7, 11) is 1.34. The number of hydrogen-bond acceptors (Lipinski definition) is 5. The largest absolute Gasteiger partial charge is 0.464 e. The molecule has 2 heterocycles. The minimum absolute atomic E-state index is 0.348. The van der Waals surface area contributed by atoms with E-state index in [0.717, 1.165) is 16.1 Å². The second kappa shape index (κ2) is 4.40. The van der Waals surface area contributed by atoms with Crippen LogP contribution in [0.4, 0.5) is 0 Å². The molecule has 0 aliphatic heterocycles. The first-order valence-electron chi connectivity index (χ1n) is 4.68. The number of ether oxygens (including phenoxy) is 1. The summed E-state index contributed by atoms with van der Waals surface area (Å²) >= 11 is 1.28. The zero-order valence-corrected chi connectivity index (χ0v) is 9.75. The third-order valence-electron chi connectivity index (χ3n) is 2.03. The van der Waals surface area contributed by atoms with E-state index < -0.39 is 5.97 Å². The molecule has 0 bridgehead atoms. The number of esters is 1. The van der Waals surface area contributed by atoms with Crippen molar-refractivity contribution in [1.29, 1.82) is 0 Å². The first-order chi connectivity index (χ1) is 7.70. The highest BCUT2D eigenvalue weighted by atomic mass is 32.1. The van der Waals surface area contributed by atoms with Crippen molar-refractivity contribution in [1.82, 2.24) is 9.97 Å². The fraction of sp³-hybridized carbons (Fsp3) is 0.182. The molecule has 0 unspecified atom stereocenters. The van der Waals surface area contributed by atoms with E-state index in [0.29, 0.717) is 5.01 Å². The molecule has 0 atom stereocenters. The van der Waals surface area contributed by atoms with Crippen LogP contribution >= 0.6 is 11.3 Å². The number of rotatable bonds is 2. The average molecular weight is 234 g/mol. The summed E-state index contributed by atoms with van der Waals surface area (Å²) in [5, 5.41) is 0.348. The van der Waals surface area contributed by atoms with E-state index in [1.165, 1.54) is 18.4 Å². The molecule has 0 aliphatic carbocycles. The standard InChI is InChI=1S/C11H10N2O2S/c1-7-3-4-12-8(5-7)9-6-13-10(16-9)11(14)15-2/h3-6H,1-2H3. The zero-order chi connectivity index (χ0) is 11.5. The van der Waals surface area contributed by atoms with E-state index in [4.69, 9.17) is 0 Å². The molecule has 5 heteroatoms. The van der Waals surface area contributed by atoms with Crippen LogP contribution in [0.15, 0.2) is 24.5 Å². The fourth-order valence-electron chi connectivity index (χ4n) is 1.25. The van der Waals surface area contributed by atoms with Gasteiger partial charge in [-0.2, -0.15) is 0 Å². The minimum atomic E-state index is -0.413. The Balaban J connectivity index is 2.35. The highest BCUT2D eigenvalue weighted by Crippen LogP contribution is 2.25. The van der Waals surface area contributed by atoms with Crippen molar-refractivity contribution in [2.24, 2.45) is 0 Å². The van der Waals surface area contributed by atoms with Gasteiger partial charge in [-0.1, -0.05) is 0 Å². The number of hydrogen-bond donors (Lipinski definition) is 0. The van der Waals surface area contributed by atoms with Gasteiger partial charge in [-0.25, -0.2) is 9.78 Å². The van der Waals surface area contributed by atoms with Crippen LogP contribution in [0.3, 0.4) is 0 Å². The van der Waals surface area contributed by atoms with E-state index in [1.54, 1.807) is 12.4 Å². The summed E-state index contributed by atoms with van der Waals surface area (Å²) in [6.45, 7) is 1.99. The normalized spacial score (nSPS) is 10.1. The molecule has 2 aromatic heterocycles. The Labute approximate surface area is 96.9 Å². The van der Waals surface area contributed by atoms with Crippen LogP contribution < -0.4 is 0 Å². The second-order valence-corrected chi connectivity index (χ2v) is 4.27. The molecule has 4 nitrogen and oxygen atoms in total. The molecule has 2 aromatic rings. The lowest BCUT2D eigenvalue weighted by molar-refractivity contribution is 0.0600. The van der Waals surface area contributed by atoms with Crippen LogP contribution in [0.1, 0.15) is 15.4 Å². The van der Waals surface area contributed by atoms with Crippen LogP contribution in [0.2, 0.25) is 0 Å². The number of aromatic nitrogens is 2. The summed E-state index contributed by atoms with van der Waals surface area (Å²) in [6, 6.07) is 3.88. The molecule has 16 heavy (non-hydrogen) atoms. The Morgan fingerprint density at radius 3 is 2.94 bits per heavy atom. The van der Waals surface area contributed by atoms with Gasteiger partial charge in [-0.3, -0.25) is 4.98 Å². The first-order valence-corrected chi connectivity index (χ1v) is 5.49. The lowest BCUT2D eigenvalue weighted by atomic mass is 10.2. The highest BCUT2D eigenvalue weighted by Gasteiger charge is 2.12. The Morgan fingerprint density at radius 1 is 1.44 bits per heavy atom. The van der Waals surface area contributed by atoms with Crippen LogP contribution in [0.25, 0.3) is 10.6 Å². The topological polar surface area (TPSA) is 52.1 Å². The molecule has 0 fully saturated rings. The number of carbonyl (C=O) groups is 1. The van der Waals surface area contributed by atoms with Gasteiger partial charge in [0.05, 0.1) is 17.7 Å². The molecule has 0 saturated carbocycles. The van der Waals surface area contributed by atoms with Gasteiger partial charge in [0.25, 0.3) is 0 Å². The zero-order valence-electron chi connectivity index (χ0n) is 8.93. The summed E-state index contributed by atoms with van der Waals surface area (Å²) in [6.07, 6.45) is 3.38. The molecule has 82 valence electrons. The number of nitrogens with zero attached hydrogens (tertiary/aromatic N) is 2. The molecule has 0 aromatic carbocycles. The van der Waals surface area contributed by atoms with Crippen LogP contribution in [0.5, 0.6) is 0 Å². The maximum absolute atomic E-state index is 11.2. The molecule has 0 N–H and O–H groups in total. The highest BCUT2D eigenvalue weighted by molar-refractivity contribution is 7.16. The van der Waals surface area contributed by atoms with E-state index in [1.807, 2.05) is 19.1 Å². The monoisotopic (exact) mass is 234 g/mol. The third-order valence-corrected chi connectivity index (χ3v) is 3.03. The van der Waals surface area contributed by atoms with E-state index in [9.17, 15) is 4.79 Å². The molecule has 0 spiro atoms. The number of methoxy groups -OCH3 is 1. The molecule has 2 rings (SSSR count). The fourth-order valence-corrected chi connectivity index (χ4v) is 2.05. The van der Waals surface area contributed by atoms with Crippen molar-refractivity contribution in [3.63, 3.8) is 0 Å². The summed E-state index contributed by atoms with van der Waals surface area (Å²) < 4.78 is 4.60. The van der Waals surface area contributed by atoms with Gasteiger partial charge >= 0.3 is 5.97 Å². The predicted molar refractivity (Wildman–Crippen MR) is 61.4 cm³/mol. The molecule has 0 amide bonds. The van der Waals surface area contributed by atoms with Gasteiger partial charge in [-0.15, -0.1) is 11.3 Å². The number of thiazole rings is 1. The Kier molecular flexibility index (Phi) is 2.96. The van der Waals surface area contributed by atoms with Crippen molar-refractivity contribution in [3.8, 4) is 10.6 Å². The van der Waals surface area contributed by atoms with E-state index in [-0.39, 0.29) is 0 Å². The number of aryl methyl sites for hydroxylation is 1. The van der Waals surface area contributed by atoms with Crippen molar-refractivity contribution < 1.29 is 9.53 Å². The summed E-state index contributed by atoms with van der Waals surface area (Å²) in [5.74, 6) is -0.413. The van der Waals surface area contributed by atoms with Crippen molar-refractivity contribution in [3.05, 3.63) is 35.1 Å². The molecule has 0 saturated heterocycles. The Bertz CT molecular complexity index is 522. The maximum Gasteiger partial charge on any atom is 0.367 e. The van der Waals surface area contributed by atoms with E-state index >= 15 is 0 Å². The number of carbonyl (C=O) groups excluding carboxylic acids is 1. The Hall–Kier alpha value is -1.75. The van der Waals surface area contributed by atoms with Crippen molar-refractivity contribution in [2.75, 3.05) is 7.11 Å². The van der Waals surface area contributed by atoms with Crippen LogP contribution in [-0.4, -0.2) is 23.0 Å². The SMILES string of the molecule is COC(=O)c1ncc(-c2cc(C)ccn2)s1. The summed E-state index contributed by atoms with van der Waals surface area (Å²) in [5.41, 5.74) is 1.95. The average Bonchev–Trinajstić information content (AvgIpc) is 2.77. The van der Waals surface area contributed by atoms with Crippen LogP contribution in [-0.2, 0) is 4.74 Å². The maximum atomic E-state index is 11.2. The van der Waals surface area contributed by atoms with Gasteiger partial charge < -0.3 is 4.74 Å². The summed E-state index contributed by atoms with van der Waals surface area (Å²) in [4.78, 5) is 20.3. The van der Waals surface area contributed by atoms with Crippen molar-refractivity contribution in [2.45, 2.75) is 6.92 Å².